The van der Waals surface area contributed by atoms with Gasteiger partial charge in [-0.15, -0.1) is 0 Å². The van der Waals surface area contributed by atoms with Crippen LogP contribution in [0.4, 0.5) is 0 Å². The van der Waals surface area contributed by atoms with Crippen molar-refractivity contribution in [2.75, 3.05) is 5.33 Å². The molecule has 90 valence electrons. The Morgan fingerprint density at radius 1 is 1.50 bits per heavy atom. The molecule has 16 heavy (non-hydrogen) atoms. The molecule has 1 aliphatic carbocycles. The van der Waals surface area contributed by atoms with E-state index < -0.39 is 0 Å². The van der Waals surface area contributed by atoms with Crippen LogP contribution < -0.4 is 0 Å². The van der Waals surface area contributed by atoms with Gasteiger partial charge in [-0.3, -0.25) is 4.68 Å². The normalized spacial score (nSPS) is 18.5. The van der Waals surface area contributed by atoms with Crippen molar-refractivity contribution in [3.63, 3.8) is 0 Å². The van der Waals surface area contributed by atoms with E-state index in [1.807, 2.05) is 11.7 Å². The van der Waals surface area contributed by atoms with Gasteiger partial charge in [0.1, 0.15) is 0 Å². The lowest BCUT2D eigenvalue weighted by Crippen LogP contribution is -2.34. The van der Waals surface area contributed by atoms with Crippen LogP contribution >= 0.6 is 27.5 Å². The number of aromatic nitrogens is 2. The van der Waals surface area contributed by atoms with E-state index in [0.29, 0.717) is 5.41 Å². The van der Waals surface area contributed by atoms with Crippen LogP contribution in [0, 0.1) is 5.41 Å². The summed E-state index contributed by atoms with van der Waals surface area (Å²) in [6.07, 6.45) is 5.93. The molecule has 1 heterocycles. The fraction of sp³-hybridized carbons (Fsp3) is 0.750. The number of nitrogens with zero attached hydrogens (tertiary/aromatic N) is 2. The minimum Gasteiger partial charge on any atom is -0.271 e. The van der Waals surface area contributed by atoms with E-state index in [4.69, 9.17) is 11.6 Å². The predicted octanol–water partition coefficient (Wildman–Crippen LogP) is 3.74. The van der Waals surface area contributed by atoms with Crippen LogP contribution in [-0.4, -0.2) is 15.1 Å². The highest BCUT2D eigenvalue weighted by molar-refractivity contribution is 9.09. The Hall–Kier alpha value is -0.0200. The number of aryl methyl sites for hydroxylation is 2. The van der Waals surface area contributed by atoms with Gasteiger partial charge in [-0.25, -0.2) is 0 Å². The van der Waals surface area contributed by atoms with E-state index in [2.05, 4.69) is 28.0 Å². The first-order chi connectivity index (χ1) is 7.62. The summed E-state index contributed by atoms with van der Waals surface area (Å²) in [6, 6.07) is 0. The van der Waals surface area contributed by atoms with Gasteiger partial charge in [-0.1, -0.05) is 40.9 Å². The van der Waals surface area contributed by atoms with E-state index in [1.165, 1.54) is 25.0 Å². The summed E-state index contributed by atoms with van der Waals surface area (Å²) in [7, 11) is 2.00. The summed E-state index contributed by atoms with van der Waals surface area (Å²) >= 11 is 10.0. The highest BCUT2D eigenvalue weighted by Gasteiger charge is 2.37. The van der Waals surface area contributed by atoms with E-state index in [-0.39, 0.29) is 0 Å². The van der Waals surface area contributed by atoms with Gasteiger partial charge in [0.15, 0.2) is 0 Å². The lowest BCUT2D eigenvalue weighted by molar-refractivity contribution is 0.166. The van der Waals surface area contributed by atoms with Gasteiger partial charge in [0.05, 0.1) is 16.4 Å². The van der Waals surface area contributed by atoms with Gasteiger partial charge >= 0.3 is 0 Å². The maximum absolute atomic E-state index is 6.38. The zero-order chi connectivity index (χ0) is 11.8. The quantitative estimate of drug-likeness (QED) is 0.775. The van der Waals surface area contributed by atoms with E-state index >= 15 is 0 Å². The second-order valence-corrected chi connectivity index (χ2v) is 5.79. The topological polar surface area (TPSA) is 17.8 Å². The fourth-order valence-electron chi connectivity index (χ4n) is 2.40. The molecule has 0 spiro atoms. The van der Waals surface area contributed by atoms with Gasteiger partial charge in [0.2, 0.25) is 0 Å². The predicted molar refractivity (Wildman–Crippen MR) is 71.4 cm³/mol. The SMILES string of the molecule is CCc1nn(C)c(CC2(CBr)CCC2)c1Cl. The maximum atomic E-state index is 6.38. The van der Waals surface area contributed by atoms with Gasteiger partial charge in [0, 0.05) is 12.4 Å². The Labute approximate surface area is 110 Å². The molecule has 0 aliphatic heterocycles. The van der Waals surface area contributed by atoms with Crippen molar-refractivity contribution in [3.8, 4) is 0 Å². The van der Waals surface area contributed by atoms with E-state index in [0.717, 1.165) is 28.9 Å². The third kappa shape index (κ3) is 2.04. The summed E-state index contributed by atoms with van der Waals surface area (Å²) in [5.41, 5.74) is 2.67. The zero-order valence-electron chi connectivity index (χ0n) is 9.89. The molecule has 0 atom stereocenters. The van der Waals surface area contributed by atoms with E-state index in [1.54, 1.807) is 0 Å². The highest BCUT2D eigenvalue weighted by atomic mass is 79.9. The number of hydrogen-bond acceptors (Lipinski definition) is 1. The highest BCUT2D eigenvalue weighted by Crippen LogP contribution is 2.46. The van der Waals surface area contributed by atoms with Crippen LogP contribution in [0.2, 0.25) is 5.02 Å². The van der Waals surface area contributed by atoms with Crippen molar-refractivity contribution in [2.45, 2.75) is 39.0 Å². The third-order valence-electron chi connectivity index (χ3n) is 3.74. The zero-order valence-corrected chi connectivity index (χ0v) is 12.2. The van der Waals surface area contributed by atoms with Crippen LogP contribution in [0.15, 0.2) is 0 Å². The Morgan fingerprint density at radius 2 is 2.19 bits per heavy atom. The first-order valence-corrected chi connectivity index (χ1v) is 7.38. The fourth-order valence-corrected chi connectivity index (χ4v) is 3.52. The average Bonchev–Trinajstić information content (AvgIpc) is 2.49. The van der Waals surface area contributed by atoms with E-state index in [9.17, 15) is 0 Å². The average molecular weight is 306 g/mol. The van der Waals surface area contributed by atoms with Crippen molar-refractivity contribution in [2.24, 2.45) is 12.5 Å². The molecule has 0 unspecified atom stereocenters. The molecule has 1 aromatic heterocycles. The van der Waals surface area contributed by atoms with Crippen LogP contribution in [0.3, 0.4) is 0 Å². The second-order valence-electron chi connectivity index (χ2n) is 4.85. The Kier molecular flexibility index (Phi) is 3.65. The number of alkyl halides is 1. The largest absolute Gasteiger partial charge is 0.271 e. The summed E-state index contributed by atoms with van der Waals surface area (Å²) in [5.74, 6) is 0. The van der Waals surface area contributed by atoms with Crippen molar-refractivity contribution in [1.82, 2.24) is 9.78 Å². The molecule has 1 aromatic rings. The number of halogens is 2. The standard InChI is InChI=1S/C12H18BrClN2/c1-3-9-11(14)10(16(2)15-9)7-12(8-13)5-4-6-12/h3-8H2,1-2H3. The molecule has 0 amide bonds. The molecule has 0 aromatic carbocycles. The Morgan fingerprint density at radius 3 is 2.56 bits per heavy atom. The van der Waals surface area contributed by atoms with Crippen LogP contribution in [0.25, 0.3) is 0 Å². The molecule has 2 rings (SSSR count). The molecule has 0 N–H and O–H groups in total. The number of rotatable bonds is 4. The Balaban J connectivity index is 2.23. The number of hydrogen-bond donors (Lipinski definition) is 0. The summed E-state index contributed by atoms with van der Waals surface area (Å²) in [4.78, 5) is 0. The monoisotopic (exact) mass is 304 g/mol. The summed E-state index contributed by atoms with van der Waals surface area (Å²) < 4.78 is 1.96. The van der Waals surface area contributed by atoms with Crippen LogP contribution in [0.5, 0.6) is 0 Å². The molecular weight excluding hydrogens is 288 g/mol. The Bertz CT molecular complexity index is 377. The molecule has 0 radical (unpaired) electrons. The first-order valence-electron chi connectivity index (χ1n) is 5.88. The first kappa shape index (κ1) is 12.4. The molecule has 1 fully saturated rings. The van der Waals surface area contributed by atoms with Gasteiger partial charge in [-0.2, -0.15) is 5.10 Å². The summed E-state index contributed by atoms with van der Waals surface area (Å²) in [6.45, 7) is 2.10. The lowest BCUT2D eigenvalue weighted by atomic mass is 9.67. The molecular formula is C12H18BrClN2. The minimum absolute atomic E-state index is 0.433. The third-order valence-corrected chi connectivity index (χ3v) is 5.37. The summed E-state index contributed by atoms with van der Waals surface area (Å²) in [5, 5.41) is 6.43. The van der Waals surface area contributed by atoms with Crippen molar-refractivity contribution in [3.05, 3.63) is 16.4 Å². The molecule has 0 saturated heterocycles. The molecule has 1 saturated carbocycles. The van der Waals surface area contributed by atoms with Gasteiger partial charge < -0.3 is 0 Å². The molecule has 0 bridgehead atoms. The van der Waals surface area contributed by atoms with Crippen molar-refractivity contribution >= 4 is 27.5 Å². The molecule has 1 aliphatic rings. The van der Waals surface area contributed by atoms with Gasteiger partial charge in [-0.05, 0) is 31.1 Å². The van der Waals surface area contributed by atoms with Crippen LogP contribution in [-0.2, 0) is 19.9 Å². The molecule has 4 heteroatoms. The molecule has 2 nitrogen and oxygen atoms in total. The maximum Gasteiger partial charge on any atom is 0.0849 e. The minimum atomic E-state index is 0.433. The smallest absolute Gasteiger partial charge is 0.0849 e. The lowest BCUT2D eigenvalue weighted by Gasteiger charge is -2.40. The van der Waals surface area contributed by atoms with Crippen molar-refractivity contribution < 1.29 is 0 Å². The second kappa shape index (κ2) is 4.69. The van der Waals surface area contributed by atoms with Gasteiger partial charge in [0.25, 0.3) is 0 Å². The van der Waals surface area contributed by atoms with Crippen molar-refractivity contribution in [1.29, 1.82) is 0 Å². The van der Waals surface area contributed by atoms with Crippen LogP contribution in [0.1, 0.15) is 37.6 Å².